The van der Waals surface area contributed by atoms with Crippen molar-refractivity contribution >= 4 is 55.8 Å². The number of nitrogens with one attached hydrogen (secondary N) is 3. The first-order valence-corrected chi connectivity index (χ1v) is 23.4. The minimum Gasteiger partial charge on any atom is -0.340 e. The van der Waals surface area contributed by atoms with Crippen molar-refractivity contribution in [2.45, 2.75) is 86.7 Å². The molecule has 2 aromatic heterocycles. The number of carbonyl (C=O) groups excluding carboxylic acids is 4. The van der Waals surface area contributed by atoms with Crippen LogP contribution in [0.5, 0.6) is 0 Å². The lowest BCUT2D eigenvalue weighted by atomic mass is 9.93. The molecule has 3 aromatic carbocycles. The van der Waals surface area contributed by atoms with Crippen LogP contribution < -0.4 is 20.9 Å². The van der Waals surface area contributed by atoms with Gasteiger partial charge in [-0.1, -0.05) is 85.7 Å². The summed E-state index contributed by atoms with van der Waals surface area (Å²) in [6, 6.07) is 19.3. The fourth-order valence-electron chi connectivity index (χ4n) is 8.91. The molecule has 9 rings (SSSR count). The molecule has 1 saturated heterocycles. The Morgan fingerprint density at radius 3 is 2.52 bits per heavy atom. The highest BCUT2D eigenvalue weighted by molar-refractivity contribution is 7.91. The van der Waals surface area contributed by atoms with Crippen molar-refractivity contribution < 1.29 is 32.0 Å². The Labute approximate surface area is 361 Å². The first-order chi connectivity index (χ1) is 29.9. The van der Waals surface area contributed by atoms with Crippen molar-refractivity contribution in [3.8, 4) is 22.3 Å². The van der Waals surface area contributed by atoms with E-state index in [2.05, 4.69) is 20.5 Å². The van der Waals surface area contributed by atoms with Crippen LogP contribution in [0.15, 0.2) is 107 Å². The Hall–Kier alpha value is -6.00. The van der Waals surface area contributed by atoms with Gasteiger partial charge in [0.1, 0.15) is 23.4 Å². The average Bonchev–Trinajstić information content (AvgIpc) is 4.12. The summed E-state index contributed by atoms with van der Waals surface area (Å²) in [4.78, 5) is 73.6. The molecule has 0 bridgehead atoms. The summed E-state index contributed by atoms with van der Waals surface area (Å²) in [5.41, 5.74) is -0.496. The van der Waals surface area contributed by atoms with Gasteiger partial charge in [-0.25, -0.2) is 17.5 Å². The van der Waals surface area contributed by atoms with Crippen molar-refractivity contribution in [3.63, 3.8) is 0 Å². The van der Waals surface area contributed by atoms with Crippen molar-refractivity contribution in [1.29, 1.82) is 0 Å². The zero-order valence-corrected chi connectivity index (χ0v) is 35.3. The van der Waals surface area contributed by atoms with Crippen LogP contribution in [0.2, 0.25) is 0 Å². The number of thiophene rings is 1. The van der Waals surface area contributed by atoms with Crippen LogP contribution in [-0.4, -0.2) is 76.1 Å². The lowest BCUT2D eigenvalue weighted by Gasteiger charge is -2.30. The van der Waals surface area contributed by atoms with E-state index in [9.17, 15) is 36.8 Å². The molecule has 2 saturated carbocycles. The highest BCUT2D eigenvalue weighted by Crippen LogP contribution is 2.46. The number of hydrogen-bond donors (Lipinski definition) is 3. The highest BCUT2D eigenvalue weighted by atomic mass is 32.2. The van der Waals surface area contributed by atoms with Crippen molar-refractivity contribution in [1.82, 2.24) is 30.0 Å². The average molecular weight is 877 g/mol. The molecule has 2 aliphatic heterocycles. The quantitative estimate of drug-likeness (QED) is 0.162. The summed E-state index contributed by atoms with van der Waals surface area (Å²) in [6.07, 6.45) is 9.26. The Bertz CT molecular complexity index is 2780. The van der Waals surface area contributed by atoms with Crippen LogP contribution in [0.25, 0.3) is 33.0 Å². The van der Waals surface area contributed by atoms with Crippen molar-refractivity contribution in [3.05, 3.63) is 124 Å². The number of carbonyl (C=O) groups is 4. The summed E-state index contributed by atoms with van der Waals surface area (Å²) in [5, 5.41) is 13.3. The number of benzene rings is 3. The van der Waals surface area contributed by atoms with Gasteiger partial charge in [0, 0.05) is 24.4 Å². The number of halogens is 1. The monoisotopic (exact) mass is 876 g/mol. The fraction of sp³-hybridized carbons (Fsp3) is 0.348. The molecule has 0 spiro atoms. The Morgan fingerprint density at radius 1 is 0.919 bits per heavy atom. The molecule has 16 heteroatoms. The summed E-state index contributed by atoms with van der Waals surface area (Å²) in [7, 11) is -3.96. The predicted octanol–water partition coefficient (Wildman–Crippen LogP) is 5.88. The van der Waals surface area contributed by atoms with E-state index in [1.54, 1.807) is 29.8 Å². The maximum Gasteiger partial charge on any atom is 0.275 e. The van der Waals surface area contributed by atoms with Crippen LogP contribution in [-0.2, 0) is 24.4 Å². The van der Waals surface area contributed by atoms with Gasteiger partial charge in [0.15, 0.2) is 0 Å². The zero-order valence-electron chi connectivity index (χ0n) is 33.7. The third-order valence-corrected chi connectivity index (χ3v) is 15.1. The molecule has 3 N–H and O–H groups in total. The van der Waals surface area contributed by atoms with E-state index in [0.717, 1.165) is 23.6 Å². The van der Waals surface area contributed by atoms with Gasteiger partial charge in [0.05, 0.1) is 27.9 Å². The van der Waals surface area contributed by atoms with Crippen molar-refractivity contribution in [2.75, 3.05) is 6.54 Å². The molecular weight excluding hydrogens is 832 g/mol. The second-order valence-corrected chi connectivity index (χ2v) is 19.5. The van der Waals surface area contributed by atoms with Crippen molar-refractivity contribution in [2.24, 2.45) is 5.92 Å². The van der Waals surface area contributed by atoms with Crippen LogP contribution in [0.3, 0.4) is 0 Å². The molecule has 2 aliphatic carbocycles. The van der Waals surface area contributed by atoms with Gasteiger partial charge in [-0.3, -0.25) is 28.7 Å². The van der Waals surface area contributed by atoms with E-state index in [-0.39, 0.29) is 31.4 Å². The van der Waals surface area contributed by atoms with Gasteiger partial charge in [-0.05, 0) is 84.0 Å². The number of sulfonamides is 1. The molecule has 3 fully saturated rings. The van der Waals surface area contributed by atoms with Gasteiger partial charge in [-0.2, -0.15) is 5.10 Å². The Balaban J connectivity index is 1.12. The lowest BCUT2D eigenvalue weighted by molar-refractivity contribution is -0.141. The molecule has 5 atom stereocenters. The van der Waals surface area contributed by atoms with Gasteiger partial charge < -0.3 is 15.5 Å². The molecule has 13 nitrogen and oxygen atoms in total. The van der Waals surface area contributed by atoms with Crippen LogP contribution in [0.4, 0.5) is 4.39 Å². The third kappa shape index (κ3) is 8.08. The zero-order chi connectivity index (χ0) is 43.2. The minimum absolute atomic E-state index is 0.106. The molecule has 320 valence electrons. The van der Waals surface area contributed by atoms with E-state index in [1.807, 2.05) is 54.6 Å². The predicted molar refractivity (Wildman–Crippen MR) is 233 cm³/mol. The first-order valence-electron chi connectivity index (χ1n) is 21.0. The second kappa shape index (κ2) is 16.7. The normalized spacial score (nSPS) is 24.8. The first kappa shape index (κ1) is 41.4. The largest absolute Gasteiger partial charge is 0.340 e. The van der Waals surface area contributed by atoms with Gasteiger partial charge in [-0.15, -0.1) is 11.3 Å². The summed E-state index contributed by atoms with van der Waals surface area (Å²) in [6.45, 7) is -0.163. The SMILES string of the molecule is O=C(N[C@H]1CCCCC/C=C\[C@@H]2CC2(C(=O)NS(=O)(=O)C2CC2)NC(=O)[C@@H]2CC(n3ncc(-c4cccc5ccccc45)c(-c4cccc(F)c4)c3=O)CN2C1=O)c1cccs1. The Kier molecular flexibility index (Phi) is 11.1. The summed E-state index contributed by atoms with van der Waals surface area (Å²) in [5.74, 6) is -3.57. The topological polar surface area (TPSA) is 177 Å². The summed E-state index contributed by atoms with van der Waals surface area (Å²) < 4.78 is 44.3. The van der Waals surface area contributed by atoms with E-state index < -0.39 is 79.9 Å². The third-order valence-electron chi connectivity index (χ3n) is 12.5. The van der Waals surface area contributed by atoms with E-state index in [1.165, 1.54) is 39.1 Å². The molecule has 2 unspecified atom stereocenters. The molecule has 4 amide bonds. The number of rotatable bonds is 8. The molecule has 4 aliphatic rings. The van der Waals surface area contributed by atoms with Gasteiger partial charge in [0.2, 0.25) is 21.8 Å². The van der Waals surface area contributed by atoms with Crippen LogP contribution in [0, 0.1) is 11.7 Å². The molecule has 5 aromatic rings. The number of allylic oxidation sites excluding steroid dienone is 1. The fourth-order valence-corrected chi connectivity index (χ4v) is 10.9. The molecule has 4 heterocycles. The lowest BCUT2D eigenvalue weighted by Crippen LogP contribution is -2.58. The number of fused-ring (bicyclic) bond motifs is 3. The van der Waals surface area contributed by atoms with Gasteiger partial charge >= 0.3 is 0 Å². The van der Waals surface area contributed by atoms with E-state index >= 15 is 0 Å². The molecular formula is C46H45FN6O7S2. The van der Waals surface area contributed by atoms with E-state index in [0.29, 0.717) is 47.3 Å². The van der Waals surface area contributed by atoms with Gasteiger partial charge in [0.25, 0.3) is 17.4 Å². The smallest absolute Gasteiger partial charge is 0.275 e. The standard InChI is InChI=1S/C46H45FN6O7S2/c47-31-15-8-13-29(23-31)40-36(35-17-9-12-28-11-6-7-16-34(28)35)26-48-53(44(40)57)32-24-38-41(54)50-46(45(58)51-62(59,60)33-20-21-33)25-30(46)14-4-2-1-3-5-18-37(43(56)52(38)27-32)49-42(55)39-19-10-22-61-39/h4,6-17,19,22-23,26,30,32-33,37-38H,1-3,5,18,20-21,24-25,27H2,(H,49,55)(H,50,54)(H,51,58)/b14-4-/t30-,32?,37+,38+,46?/m1/s1. The highest BCUT2D eigenvalue weighted by Gasteiger charge is 2.62. The molecule has 62 heavy (non-hydrogen) atoms. The maximum absolute atomic E-state index is 14.9. The number of amides is 4. The molecule has 0 radical (unpaired) electrons. The minimum atomic E-state index is -3.96. The number of hydrogen-bond acceptors (Lipinski definition) is 9. The summed E-state index contributed by atoms with van der Waals surface area (Å²) >= 11 is 1.23. The van der Waals surface area contributed by atoms with E-state index in [4.69, 9.17) is 0 Å². The second-order valence-electron chi connectivity index (χ2n) is 16.6. The maximum atomic E-state index is 14.9. The number of nitrogens with zero attached hydrogens (tertiary/aromatic N) is 3. The van der Waals surface area contributed by atoms with Crippen LogP contribution in [0.1, 0.15) is 73.5 Å². The van der Waals surface area contributed by atoms with Crippen LogP contribution >= 0.6 is 11.3 Å². The Morgan fingerprint density at radius 2 is 1.73 bits per heavy atom. The number of aromatic nitrogens is 2.